The summed E-state index contributed by atoms with van der Waals surface area (Å²) in [6.07, 6.45) is 0. The van der Waals surface area contributed by atoms with Gasteiger partial charge in [0, 0.05) is 18.2 Å². The lowest BCUT2D eigenvalue weighted by molar-refractivity contribution is 0.170. The number of halogens is 3. The monoisotopic (exact) mass is 361 g/mol. The molecule has 0 fully saturated rings. The first kappa shape index (κ1) is 15.7. The van der Waals surface area contributed by atoms with Gasteiger partial charge in [0.25, 0.3) is 0 Å². The molecule has 0 bridgehead atoms. The molecule has 0 aliphatic carbocycles. The summed E-state index contributed by atoms with van der Waals surface area (Å²) >= 11 is 9.18. The molecule has 110 valence electrons. The summed E-state index contributed by atoms with van der Waals surface area (Å²) in [5.74, 6) is 0.772. The molecule has 0 atom stereocenters. The Balaban J connectivity index is 2.59. The summed E-state index contributed by atoms with van der Waals surface area (Å²) < 4.78 is 16.2. The van der Waals surface area contributed by atoms with E-state index < -0.39 is 0 Å². The van der Waals surface area contributed by atoms with Gasteiger partial charge in [-0.1, -0.05) is 0 Å². The lowest BCUT2D eigenvalue weighted by Crippen LogP contribution is -2.42. The molecule has 0 spiro atoms. The van der Waals surface area contributed by atoms with E-state index in [4.69, 9.17) is 11.6 Å². The Bertz CT molecular complexity index is 637. The minimum Gasteiger partial charge on any atom is -0.325 e. The van der Waals surface area contributed by atoms with E-state index in [0.717, 1.165) is 16.9 Å². The zero-order valence-corrected chi connectivity index (χ0v) is 14.4. The van der Waals surface area contributed by atoms with Gasteiger partial charge in [-0.15, -0.1) is 11.6 Å². The number of hydrogen-bond donors (Lipinski definition) is 0. The number of imidazole rings is 1. The van der Waals surface area contributed by atoms with Gasteiger partial charge < -0.3 is 9.47 Å². The molecule has 3 nitrogen and oxygen atoms in total. The topological polar surface area (TPSA) is 21.1 Å². The molecule has 0 unspecified atom stereocenters. The highest BCUT2D eigenvalue weighted by Gasteiger charge is 2.24. The van der Waals surface area contributed by atoms with Crippen molar-refractivity contribution in [3.05, 3.63) is 28.2 Å². The van der Waals surface area contributed by atoms with Crippen LogP contribution in [0, 0.1) is 5.82 Å². The molecule has 0 amide bonds. The van der Waals surface area contributed by atoms with Gasteiger partial charge in [0.15, 0.2) is 0 Å². The van der Waals surface area contributed by atoms with Crippen molar-refractivity contribution in [1.82, 2.24) is 14.5 Å². The van der Waals surface area contributed by atoms with Crippen LogP contribution in [0.25, 0.3) is 11.0 Å². The molecular weight excluding hydrogens is 345 g/mol. The van der Waals surface area contributed by atoms with Gasteiger partial charge >= 0.3 is 0 Å². The third kappa shape index (κ3) is 2.85. The number of aromatic nitrogens is 2. The van der Waals surface area contributed by atoms with Crippen LogP contribution in [-0.4, -0.2) is 34.1 Å². The van der Waals surface area contributed by atoms with Crippen molar-refractivity contribution >= 4 is 38.6 Å². The molecule has 1 heterocycles. The van der Waals surface area contributed by atoms with Crippen LogP contribution in [0.2, 0.25) is 0 Å². The van der Waals surface area contributed by atoms with E-state index in [1.54, 1.807) is 6.07 Å². The van der Waals surface area contributed by atoms with Crippen LogP contribution >= 0.6 is 27.5 Å². The van der Waals surface area contributed by atoms with E-state index >= 15 is 0 Å². The Morgan fingerprint density at radius 3 is 2.60 bits per heavy atom. The first-order valence-corrected chi connectivity index (χ1v) is 7.66. The van der Waals surface area contributed by atoms with E-state index in [1.807, 2.05) is 18.7 Å². The molecule has 0 aliphatic heterocycles. The van der Waals surface area contributed by atoms with Crippen LogP contribution in [-0.2, 0) is 12.4 Å². The molecule has 0 aliphatic rings. The predicted molar refractivity (Wildman–Crippen MR) is 84.7 cm³/mol. The van der Waals surface area contributed by atoms with Gasteiger partial charge in [0.05, 0.1) is 21.4 Å². The lowest BCUT2D eigenvalue weighted by atomic mass is 10.0. The fourth-order valence-electron chi connectivity index (χ4n) is 1.98. The van der Waals surface area contributed by atoms with Gasteiger partial charge in [0.1, 0.15) is 11.6 Å². The second-order valence-corrected chi connectivity index (χ2v) is 6.83. The fourth-order valence-corrected chi connectivity index (χ4v) is 2.51. The van der Waals surface area contributed by atoms with Gasteiger partial charge in [-0.05, 0) is 49.9 Å². The van der Waals surface area contributed by atoms with Crippen molar-refractivity contribution in [2.45, 2.75) is 31.8 Å². The number of benzene rings is 1. The average Bonchev–Trinajstić information content (AvgIpc) is 2.67. The zero-order valence-electron chi connectivity index (χ0n) is 12.0. The fraction of sp³-hybridized carbons (Fsp3) is 0.500. The predicted octanol–water partition coefficient (Wildman–Crippen LogP) is 4.02. The summed E-state index contributed by atoms with van der Waals surface area (Å²) in [6, 6.07) is 3.20. The summed E-state index contributed by atoms with van der Waals surface area (Å²) in [6.45, 7) is 4.96. The van der Waals surface area contributed by atoms with Crippen molar-refractivity contribution in [3.8, 4) is 0 Å². The molecular formula is C14H18BrClFN3. The van der Waals surface area contributed by atoms with E-state index in [0.29, 0.717) is 16.9 Å². The molecule has 20 heavy (non-hydrogen) atoms. The molecule has 0 saturated carbocycles. The summed E-state index contributed by atoms with van der Waals surface area (Å²) in [5, 5.41) is 0. The van der Waals surface area contributed by atoms with E-state index in [2.05, 4.69) is 39.7 Å². The van der Waals surface area contributed by atoms with Crippen molar-refractivity contribution < 1.29 is 4.39 Å². The highest BCUT2D eigenvalue weighted by molar-refractivity contribution is 9.10. The first-order chi connectivity index (χ1) is 9.26. The number of fused-ring (bicyclic) bond motifs is 1. The lowest BCUT2D eigenvalue weighted by Gasteiger charge is -2.33. The van der Waals surface area contributed by atoms with Crippen molar-refractivity contribution in [2.75, 3.05) is 14.1 Å². The number of nitrogens with zero attached hydrogens (tertiary/aromatic N) is 3. The van der Waals surface area contributed by atoms with Crippen molar-refractivity contribution in [2.24, 2.45) is 0 Å². The first-order valence-electron chi connectivity index (χ1n) is 6.34. The molecule has 1 aromatic heterocycles. The largest absolute Gasteiger partial charge is 0.325 e. The Labute approximate surface area is 131 Å². The standard InChI is InChI=1S/C14H18BrClFN3/c1-14(2,19(3)4)8-20-12-6-10(17)9(15)5-11(12)18-13(20)7-16/h5-6H,7-8H2,1-4H3. The maximum Gasteiger partial charge on any atom is 0.139 e. The van der Waals surface area contributed by atoms with Gasteiger partial charge in [-0.25, -0.2) is 9.37 Å². The third-order valence-electron chi connectivity index (χ3n) is 3.74. The van der Waals surface area contributed by atoms with Gasteiger partial charge in [-0.2, -0.15) is 0 Å². The maximum atomic E-state index is 13.8. The highest BCUT2D eigenvalue weighted by atomic mass is 79.9. The normalized spacial score (nSPS) is 12.6. The van der Waals surface area contributed by atoms with Crippen LogP contribution in [0.1, 0.15) is 19.7 Å². The molecule has 0 radical (unpaired) electrons. The van der Waals surface area contributed by atoms with E-state index in [9.17, 15) is 4.39 Å². The second-order valence-electron chi connectivity index (χ2n) is 5.71. The number of likely N-dealkylation sites (N-methyl/N-ethyl adjacent to an activating group) is 1. The molecule has 0 saturated heterocycles. The van der Waals surface area contributed by atoms with E-state index in [-0.39, 0.29) is 11.4 Å². The molecule has 1 aromatic carbocycles. The Hall–Kier alpha value is -0.650. The van der Waals surface area contributed by atoms with Crippen molar-refractivity contribution in [3.63, 3.8) is 0 Å². The van der Waals surface area contributed by atoms with Crippen LogP contribution in [0.15, 0.2) is 16.6 Å². The minimum absolute atomic E-state index is 0.0853. The molecule has 6 heteroatoms. The molecule has 0 N–H and O–H groups in total. The average molecular weight is 363 g/mol. The zero-order chi connectivity index (χ0) is 15.1. The minimum atomic E-state index is -0.289. The smallest absolute Gasteiger partial charge is 0.139 e. The number of alkyl halides is 1. The van der Waals surface area contributed by atoms with Gasteiger partial charge in [0.2, 0.25) is 0 Å². The SMILES string of the molecule is CN(C)C(C)(C)Cn1c(CCl)nc2cc(Br)c(F)cc21. The number of rotatable bonds is 4. The molecule has 2 rings (SSSR count). The van der Waals surface area contributed by atoms with Gasteiger partial charge in [-0.3, -0.25) is 0 Å². The highest BCUT2D eigenvalue weighted by Crippen LogP contribution is 2.27. The summed E-state index contributed by atoms with van der Waals surface area (Å²) in [5.41, 5.74) is 1.44. The summed E-state index contributed by atoms with van der Waals surface area (Å²) in [4.78, 5) is 6.62. The Kier molecular flexibility index (Phi) is 4.42. The summed E-state index contributed by atoms with van der Waals surface area (Å²) in [7, 11) is 4.05. The van der Waals surface area contributed by atoms with Crippen LogP contribution in [0.5, 0.6) is 0 Å². The second kappa shape index (κ2) is 5.62. The molecule has 2 aromatic rings. The van der Waals surface area contributed by atoms with Crippen LogP contribution < -0.4 is 0 Å². The van der Waals surface area contributed by atoms with Crippen molar-refractivity contribution in [1.29, 1.82) is 0 Å². The number of hydrogen-bond acceptors (Lipinski definition) is 2. The third-order valence-corrected chi connectivity index (χ3v) is 4.59. The van der Waals surface area contributed by atoms with Crippen LogP contribution in [0.4, 0.5) is 4.39 Å². The van der Waals surface area contributed by atoms with Crippen LogP contribution in [0.3, 0.4) is 0 Å². The maximum absolute atomic E-state index is 13.8. The quantitative estimate of drug-likeness (QED) is 0.766. The Morgan fingerprint density at radius 1 is 1.40 bits per heavy atom. The van der Waals surface area contributed by atoms with E-state index in [1.165, 1.54) is 6.07 Å². The Morgan fingerprint density at radius 2 is 2.05 bits per heavy atom.